The summed E-state index contributed by atoms with van der Waals surface area (Å²) >= 11 is 0. The van der Waals surface area contributed by atoms with Crippen LogP contribution < -0.4 is 0 Å². The molecule has 0 aliphatic carbocycles. The Bertz CT molecular complexity index is 126. The highest BCUT2D eigenvalue weighted by Crippen LogP contribution is 2.41. The van der Waals surface area contributed by atoms with Crippen molar-refractivity contribution in [1.82, 2.24) is 0 Å². The van der Waals surface area contributed by atoms with Crippen molar-refractivity contribution >= 4 is 0 Å². The first-order valence-electron chi connectivity index (χ1n) is 4.97. The second-order valence-electron chi connectivity index (χ2n) is 3.89. The molecule has 1 fully saturated rings. The molecular weight excluding hydrogens is 152 g/mol. The molecular formula is C10H20O2. The predicted molar refractivity (Wildman–Crippen MR) is 49.0 cm³/mol. The van der Waals surface area contributed by atoms with E-state index in [0.717, 1.165) is 19.6 Å². The van der Waals surface area contributed by atoms with Crippen molar-refractivity contribution in [3.8, 4) is 0 Å². The average Bonchev–Trinajstić information content (AvgIpc) is 2.02. The quantitative estimate of drug-likeness (QED) is 0.685. The second kappa shape index (κ2) is 4.24. The summed E-state index contributed by atoms with van der Waals surface area (Å²) in [6.07, 6.45) is 3.46. The van der Waals surface area contributed by atoms with Gasteiger partial charge in [-0.05, 0) is 12.3 Å². The van der Waals surface area contributed by atoms with Gasteiger partial charge in [-0.15, -0.1) is 0 Å². The fourth-order valence-electron chi connectivity index (χ4n) is 2.20. The highest BCUT2D eigenvalue weighted by atomic mass is 16.5. The number of hydrogen-bond donors (Lipinski definition) is 1. The van der Waals surface area contributed by atoms with E-state index in [1.807, 2.05) is 0 Å². The fourth-order valence-corrected chi connectivity index (χ4v) is 2.20. The molecule has 0 aromatic carbocycles. The SMILES string of the molecule is CCCC1(C(CC)CO)COC1. The van der Waals surface area contributed by atoms with Crippen molar-refractivity contribution in [1.29, 1.82) is 0 Å². The maximum atomic E-state index is 9.20. The van der Waals surface area contributed by atoms with Gasteiger partial charge in [-0.25, -0.2) is 0 Å². The lowest BCUT2D eigenvalue weighted by Crippen LogP contribution is -2.49. The van der Waals surface area contributed by atoms with E-state index in [9.17, 15) is 5.11 Å². The molecule has 12 heavy (non-hydrogen) atoms. The molecule has 1 atom stereocenters. The van der Waals surface area contributed by atoms with E-state index in [-0.39, 0.29) is 0 Å². The zero-order chi connectivity index (χ0) is 9.03. The topological polar surface area (TPSA) is 29.5 Å². The van der Waals surface area contributed by atoms with Crippen molar-refractivity contribution in [3.05, 3.63) is 0 Å². The van der Waals surface area contributed by atoms with Crippen molar-refractivity contribution in [3.63, 3.8) is 0 Å². The molecule has 0 saturated carbocycles. The van der Waals surface area contributed by atoms with E-state index < -0.39 is 0 Å². The van der Waals surface area contributed by atoms with Crippen LogP contribution in [0.5, 0.6) is 0 Å². The zero-order valence-electron chi connectivity index (χ0n) is 8.18. The summed E-state index contributed by atoms with van der Waals surface area (Å²) in [4.78, 5) is 0. The van der Waals surface area contributed by atoms with E-state index in [1.165, 1.54) is 12.8 Å². The third kappa shape index (κ3) is 1.64. The first kappa shape index (κ1) is 10.0. The molecule has 0 radical (unpaired) electrons. The Balaban J connectivity index is 2.51. The summed E-state index contributed by atoms with van der Waals surface area (Å²) in [6.45, 7) is 6.39. The third-order valence-electron chi connectivity index (χ3n) is 3.11. The van der Waals surface area contributed by atoms with Crippen molar-refractivity contribution in [2.45, 2.75) is 33.1 Å². The average molecular weight is 172 g/mol. The Hall–Kier alpha value is -0.0800. The van der Waals surface area contributed by atoms with E-state index in [1.54, 1.807) is 0 Å². The van der Waals surface area contributed by atoms with Crippen LogP contribution in [0.3, 0.4) is 0 Å². The lowest BCUT2D eigenvalue weighted by molar-refractivity contribution is -0.159. The maximum Gasteiger partial charge on any atom is 0.0548 e. The summed E-state index contributed by atoms with van der Waals surface area (Å²) < 4.78 is 5.26. The molecule has 1 aliphatic rings. The molecule has 2 nitrogen and oxygen atoms in total. The van der Waals surface area contributed by atoms with Gasteiger partial charge in [0.25, 0.3) is 0 Å². The highest BCUT2D eigenvalue weighted by Gasteiger charge is 2.43. The molecule has 72 valence electrons. The molecule has 1 saturated heterocycles. The van der Waals surface area contributed by atoms with Gasteiger partial charge in [0, 0.05) is 12.0 Å². The van der Waals surface area contributed by atoms with E-state index in [2.05, 4.69) is 13.8 Å². The van der Waals surface area contributed by atoms with Gasteiger partial charge in [0.05, 0.1) is 13.2 Å². The molecule has 0 aromatic rings. The van der Waals surface area contributed by atoms with Gasteiger partial charge in [-0.1, -0.05) is 26.7 Å². The Kier molecular flexibility index (Phi) is 3.53. The van der Waals surface area contributed by atoms with Crippen LogP contribution in [0.2, 0.25) is 0 Å². The van der Waals surface area contributed by atoms with Crippen molar-refractivity contribution in [2.24, 2.45) is 11.3 Å². The maximum absolute atomic E-state index is 9.20. The fraction of sp³-hybridized carbons (Fsp3) is 1.00. The molecule has 0 aromatic heterocycles. The monoisotopic (exact) mass is 172 g/mol. The summed E-state index contributed by atoms with van der Waals surface area (Å²) in [5.74, 6) is 0.450. The number of aliphatic hydroxyl groups is 1. The standard InChI is InChI=1S/C10H20O2/c1-3-5-10(7-12-8-10)9(4-2)6-11/h9,11H,3-8H2,1-2H3. The zero-order valence-corrected chi connectivity index (χ0v) is 8.18. The molecule has 1 rings (SSSR count). The Morgan fingerprint density at radius 2 is 2.08 bits per heavy atom. The van der Waals surface area contributed by atoms with Gasteiger partial charge in [-0.3, -0.25) is 0 Å². The minimum Gasteiger partial charge on any atom is -0.396 e. The van der Waals surface area contributed by atoms with Crippen LogP contribution in [0.15, 0.2) is 0 Å². The van der Waals surface area contributed by atoms with Gasteiger partial charge in [0.15, 0.2) is 0 Å². The largest absolute Gasteiger partial charge is 0.396 e. The number of ether oxygens (including phenoxy) is 1. The Morgan fingerprint density at radius 3 is 2.33 bits per heavy atom. The normalized spacial score (nSPS) is 23.2. The molecule has 1 heterocycles. The van der Waals surface area contributed by atoms with E-state index >= 15 is 0 Å². The number of hydrogen-bond acceptors (Lipinski definition) is 2. The van der Waals surface area contributed by atoms with Crippen molar-refractivity contribution < 1.29 is 9.84 Å². The van der Waals surface area contributed by atoms with Crippen molar-refractivity contribution in [2.75, 3.05) is 19.8 Å². The lowest BCUT2D eigenvalue weighted by atomic mass is 9.70. The Morgan fingerprint density at radius 1 is 1.42 bits per heavy atom. The molecule has 1 aliphatic heterocycles. The van der Waals surface area contributed by atoms with Crippen LogP contribution in [-0.4, -0.2) is 24.9 Å². The van der Waals surface area contributed by atoms with Gasteiger partial charge >= 0.3 is 0 Å². The second-order valence-corrected chi connectivity index (χ2v) is 3.89. The lowest BCUT2D eigenvalue weighted by Gasteiger charge is -2.46. The van der Waals surface area contributed by atoms with E-state index in [0.29, 0.717) is 17.9 Å². The van der Waals surface area contributed by atoms with E-state index in [4.69, 9.17) is 4.74 Å². The molecule has 0 bridgehead atoms. The molecule has 1 N–H and O–H groups in total. The first-order chi connectivity index (χ1) is 5.79. The van der Waals surface area contributed by atoms with Gasteiger partial charge < -0.3 is 9.84 Å². The van der Waals surface area contributed by atoms with Crippen LogP contribution in [0, 0.1) is 11.3 Å². The molecule has 0 amide bonds. The highest BCUT2D eigenvalue weighted by molar-refractivity contribution is 4.90. The van der Waals surface area contributed by atoms with Crippen LogP contribution in [0.1, 0.15) is 33.1 Å². The molecule has 0 spiro atoms. The number of rotatable bonds is 5. The molecule has 2 heteroatoms. The summed E-state index contributed by atoms with van der Waals surface area (Å²) in [6, 6.07) is 0. The minimum atomic E-state index is 0.318. The van der Waals surface area contributed by atoms with Crippen LogP contribution in [0.25, 0.3) is 0 Å². The van der Waals surface area contributed by atoms with Crippen LogP contribution in [-0.2, 0) is 4.74 Å². The van der Waals surface area contributed by atoms with Crippen LogP contribution in [0.4, 0.5) is 0 Å². The summed E-state index contributed by atoms with van der Waals surface area (Å²) in [5.41, 5.74) is 0.318. The first-order valence-corrected chi connectivity index (χ1v) is 4.97. The van der Waals surface area contributed by atoms with Crippen LogP contribution >= 0.6 is 0 Å². The molecule has 1 unspecified atom stereocenters. The van der Waals surface area contributed by atoms with Gasteiger partial charge in [0.1, 0.15) is 0 Å². The minimum absolute atomic E-state index is 0.318. The predicted octanol–water partition coefficient (Wildman–Crippen LogP) is 1.82. The van der Waals surface area contributed by atoms with Gasteiger partial charge in [0.2, 0.25) is 0 Å². The Labute approximate surface area is 74.9 Å². The van der Waals surface area contributed by atoms with Gasteiger partial charge in [-0.2, -0.15) is 0 Å². The number of aliphatic hydroxyl groups excluding tert-OH is 1. The third-order valence-corrected chi connectivity index (χ3v) is 3.11. The summed E-state index contributed by atoms with van der Waals surface area (Å²) in [7, 11) is 0. The smallest absolute Gasteiger partial charge is 0.0548 e. The summed E-state index contributed by atoms with van der Waals surface area (Å²) in [5, 5.41) is 9.20.